The molecule has 0 aliphatic carbocycles. The zero-order valence-electron chi connectivity index (χ0n) is 19.5. The number of anilines is 6. The molecule has 8 nitrogen and oxygen atoms in total. The number of aryl methyl sites for hydroxylation is 1. The fourth-order valence-corrected chi connectivity index (χ4v) is 4.05. The molecule has 1 aliphatic heterocycles. The lowest BCUT2D eigenvalue weighted by atomic mass is 10.2. The quantitative estimate of drug-likeness (QED) is 0.342. The van der Waals surface area contributed by atoms with Gasteiger partial charge in [0.1, 0.15) is 6.04 Å². The van der Waals surface area contributed by atoms with Gasteiger partial charge < -0.3 is 20.9 Å². The highest BCUT2D eigenvalue weighted by Crippen LogP contribution is 2.27. The summed E-state index contributed by atoms with van der Waals surface area (Å²) >= 11 is 0. The van der Waals surface area contributed by atoms with Crippen molar-refractivity contribution < 1.29 is 4.79 Å². The summed E-state index contributed by atoms with van der Waals surface area (Å²) in [5.74, 6) is 1.20. The summed E-state index contributed by atoms with van der Waals surface area (Å²) in [6.45, 7) is 2.71. The fourth-order valence-electron chi connectivity index (χ4n) is 4.05. The molecule has 0 saturated carbocycles. The summed E-state index contributed by atoms with van der Waals surface area (Å²) in [5, 5.41) is 9.54. The van der Waals surface area contributed by atoms with Gasteiger partial charge in [-0.15, -0.1) is 0 Å². The van der Waals surface area contributed by atoms with Crippen LogP contribution in [0.15, 0.2) is 84.9 Å². The molecular weight excluding hydrogens is 438 g/mol. The van der Waals surface area contributed by atoms with Gasteiger partial charge in [0, 0.05) is 23.6 Å². The standard InChI is InChI=1S/C27H27N7O/c1-19-14-16-22(17-15-19)28-24(35)23-13-8-18-34(23)27-32-25(29-20-9-4-2-5-10-20)31-26(33-27)30-21-11-6-3-7-12-21/h2-7,9-12,14-17,23H,8,13,18H2,1H3,(H,28,35)(H2,29,30,31,32,33)/t23-/m0/s1. The van der Waals surface area contributed by atoms with Crippen LogP contribution < -0.4 is 20.9 Å². The maximum atomic E-state index is 13.2. The highest BCUT2D eigenvalue weighted by atomic mass is 16.2. The van der Waals surface area contributed by atoms with Gasteiger partial charge in [-0.25, -0.2) is 0 Å². The van der Waals surface area contributed by atoms with E-state index in [1.807, 2.05) is 96.8 Å². The first-order valence-corrected chi connectivity index (χ1v) is 11.7. The Morgan fingerprint density at radius 1 is 0.771 bits per heavy atom. The minimum atomic E-state index is -0.368. The predicted octanol–water partition coefficient (Wildman–Crippen LogP) is 5.27. The Morgan fingerprint density at radius 2 is 1.34 bits per heavy atom. The van der Waals surface area contributed by atoms with Crippen molar-refractivity contribution in [3.63, 3.8) is 0 Å². The Balaban J connectivity index is 1.43. The van der Waals surface area contributed by atoms with Crippen molar-refractivity contribution in [1.82, 2.24) is 15.0 Å². The first kappa shape index (κ1) is 22.3. The first-order chi connectivity index (χ1) is 17.1. The van der Waals surface area contributed by atoms with Gasteiger partial charge in [-0.2, -0.15) is 15.0 Å². The van der Waals surface area contributed by atoms with Crippen molar-refractivity contribution in [2.45, 2.75) is 25.8 Å². The number of aromatic nitrogens is 3. The molecule has 5 rings (SSSR count). The van der Waals surface area contributed by atoms with Crippen LogP contribution in [0.1, 0.15) is 18.4 Å². The van der Waals surface area contributed by atoms with E-state index < -0.39 is 0 Å². The first-order valence-electron chi connectivity index (χ1n) is 11.7. The van der Waals surface area contributed by atoms with Gasteiger partial charge in [0.25, 0.3) is 0 Å². The molecule has 0 unspecified atom stereocenters. The summed E-state index contributed by atoms with van der Waals surface area (Å²) in [7, 11) is 0. The second-order valence-corrected chi connectivity index (χ2v) is 8.47. The van der Waals surface area contributed by atoms with Gasteiger partial charge in [-0.3, -0.25) is 4.79 Å². The third-order valence-electron chi connectivity index (χ3n) is 5.81. The van der Waals surface area contributed by atoms with Gasteiger partial charge in [0.15, 0.2) is 0 Å². The molecule has 8 heteroatoms. The molecule has 3 aromatic carbocycles. The zero-order valence-corrected chi connectivity index (χ0v) is 19.5. The number of hydrogen-bond donors (Lipinski definition) is 3. The molecule has 1 atom stereocenters. The molecular formula is C27H27N7O. The molecule has 176 valence electrons. The van der Waals surface area contributed by atoms with E-state index in [1.54, 1.807) is 0 Å². The summed E-state index contributed by atoms with van der Waals surface area (Å²) < 4.78 is 0. The number of carbonyl (C=O) groups excluding carboxylic acids is 1. The Morgan fingerprint density at radius 3 is 1.91 bits per heavy atom. The molecule has 0 radical (unpaired) electrons. The Hall–Kier alpha value is -4.46. The zero-order chi connectivity index (χ0) is 24.0. The van der Waals surface area contributed by atoms with Crippen molar-refractivity contribution in [3.05, 3.63) is 90.5 Å². The minimum Gasteiger partial charge on any atom is -0.329 e. The highest BCUT2D eigenvalue weighted by Gasteiger charge is 2.33. The van der Waals surface area contributed by atoms with Crippen LogP contribution in [0.3, 0.4) is 0 Å². The number of benzene rings is 3. The number of hydrogen-bond acceptors (Lipinski definition) is 7. The fraction of sp³-hybridized carbons (Fsp3) is 0.185. The van der Waals surface area contributed by atoms with E-state index in [0.717, 1.165) is 35.5 Å². The van der Waals surface area contributed by atoms with Crippen LogP contribution in [0.4, 0.5) is 34.9 Å². The van der Waals surface area contributed by atoms with Crippen LogP contribution in [0.5, 0.6) is 0 Å². The van der Waals surface area contributed by atoms with Gasteiger partial charge in [0.05, 0.1) is 0 Å². The molecule has 1 fully saturated rings. The van der Waals surface area contributed by atoms with Crippen LogP contribution in [-0.2, 0) is 4.79 Å². The van der Waals surface area contributed by atoms with E-state index in [0.29, 0.717) is 24.4 Å². The molecule has 1 aliphatic rings. The number of carbonyl (C=O) groups is 1. The van der Waals surface area contributed by atoms with E-state index >= 15 is 0 Å². The van der Waals surface area contributed by atoms with E-state index in [1.165, 1.54) is 0 Å². The number of amides is 1. The Kier molecular flexibility index (Phi) is 6.52. The molecule has 1 saturated heterocycles. The van der Waals surface area contributed by atoms with Crippen molar-refractivity contribution in [2.24, 2.45) is 0 Å². The normalized spacial score (nSPS) is 15.0. The summed E-state index contributed by atoms with van der Waals surface area (Å²) in [6, 6.07) is 26.9. The number of nitrogens with zero attached hydrogens (tertiary/aromatic N) is 4. The van der Waals surface area contributed by atoms with Gasteiger partial charge in [-0.1, -0.05) is 54.1 Å². The monoisotopic (exact) mass is 465 g/mol. The molecule has 0 bridgehead atoms. The molecule has 35 heavy (non-hydrogen) atoms. The van der Waals surface area contributed by atoms with Crippen molar-refractivity contribution in [1.29, 1.82) is 0 Å². The number of para-hydroxylation sites is 2. The lowest BCUT2D eigenvalue weighted by Gasteiger charge is -2.24. The second kappa shape index (κ2) is 10.2. The molecule has 2 heterocycles. The van der Waals surface area contributed by atoms with Crippen LogP contribution >= 0.6 is 0 Å². The molecule has 3 N–H and O–H groups in total. The largest absolute Gasteiger partial charge is 0.329 e. The van der Waals surface area contributed by atoms with Crippen LogP contribution in [0.2, 0.25) is 0 Å². The minimum absolute atomic E-state index is 0.0677. The lowest BCUT2D eigenvalue weighted by molar-refractivity contribution is -0.117. The van der Waals surface area contributed by atoms with Crippen molar-refractivity contribution >= 4 is 40.8 Å². The third-order valence-corrected chi connectivity index (χ3v) is 5.81. The molecule has 4 aromatic rings. The summed E-state index contributed by atoms with van der Waals surface area (Å²) in [5.41, 5.74) is 3.66. The van der Waals surface area contributed by atoms with Gasteiger partial charge in [0.2, 0.25) is 23.8 Å². The SMILES string of the molecule is Cc1ccc(NC(=O)[C@@H]2CCCN2c2nc(Nc3ccccc3)nc(Nc3ccccc3)n2)cc1. The highest BCUT2D eigenvalue weighted by molar-refractivity contribution is 5.97. The molecule has 0 spiro atoms. The Bertz CT molecular complexity index is 1220. The van der Waals surface area contributed by atoms with Crippen molar-refractivity contribution in [3.8, 4) is 0 Å². The smallest absolute Gasteiger partial charge is 0.247 e. The Labute approximate surface area is 204 Å². The van der Waals surface area contributed by atoms with Crippen LogP contribution in [0, 0.1) is 6.92 Å². The van der Waals surface area contributed by atoms with Crippen LogP contribution in [-0.4, -0.2) is 33.4 Å². The van der Waals surface area contributed by atoms with Crippen molar-refractivity contribution in [2.75, 3.05) is 27.4 Å². The molecule has 1 amide bonds. The maximum Gasteiger partial charge on any atom is 0.247 e. The summed E-state index contributed by atoms with van der Waals surface area (Å²) in [4.78, 5) is 29.1. The lowest BCUT2D eigenvalue weighted by Crippen LogP contribution is -2.40. The van der Waals surface area contributed by atoms with E-state index in [4.69, 9.17) is 0 Å². The van der Waals surface area contributed by atoms with Crippen LogP contribution in [0.25, 0.3) is 0 Å². The van der Waals surface area contributed by atoms with Gasteiger partial charge >= 0.3 is 0 Å². The average Bonchev–Trinajstić information content (AvgIpc) is 3.37. The second-order valence-electron chi connectivity index (χ2n) is 8.47. The maximum absolute atomic E-state index is 13.2. The van der Waals surface area contributed by atoms with E-state index in [-0.39, 0.29) is 11.9 Å². The number of nitrogens with one attached hydrogen (secondary N) is 3. The predicted molar refractivity (Wildman–Crippen MR) is 139 cm³/mol. The summed E-state index contributed by atoms with van der Waals surface area (Å²) in [6.07, 6.45) is 1.60. The average molecular weight is 466 g/mol. The third kappa shape index (κ3) is 5.55. The van der Waals surface area contributed by atoms with E-state index in [9.17, 15) is 4.79 Å². The number of rotatable bonds is 7. The van der Waals surface area contributed by atoms with E-state index in [2.05, 4.69) is 30.9 Å². The topological polar surface area (TPSA) is 95.1 Å². The van der Waals surface area contributed by atoms with Gasteiger partial charge in [-0.05, 0) is 56.2 Å². The molecule has 1 aromatic heterocycles.